The number of nitrogens with two attached hydrogens (primary N) is 1. The Hall–Kier alpha value is -1.36. The van der Waals surface area contributed by atoms with E-state index >= 15 is 0 Å². The van der Waals surface area contributed by atoms with Crippen molar-refractivity contribution in [3.63, 3.8) is 0 Å². The molecule has 0 aliphatic rings. The van der Waals surface area contributed by atoms with Crippen molar-refractivity contribution in [3.8, 4) is 0 Å². The molecule has 15 heavy (non-hydrogen) atoms. The molecular weight excluding hydrogens is 190 g/mol. The Bertz CT molecular complexity index is 313. The summed E-state index contributed by atoms with van der Waals surface area (Å²) in [5.41, 5.74) is 3.71. The van der Waals surface area contributed by atoms with Crippen LogP contribution < -0.4 is 16.2 Å². The molecule has 0 saturated heterocycles. The zero-order chi connectivity index (χ0) is 11.3. The number of nitrogen functional groups attached to an aromatic ring is 1. The molecule has 0 aliphatic heterocycles. The highest BCUT2D eigenvalue weighted by atomic mass is 15.3. The highest BCUT2D eigenvalue weighted by Crippen LogP contribution is 2.23. The lowest BCUT2D eigenvalue weighted by Gasteiger charge is -2.20. The van der Waals surface area contributed by atoms with Crippen molar-refractivity contribution in [1.82, 2.24) is 9.97 Å². The Morgan fingerprint density at radius 2 is 2.13 bits per heavy atom. The van der Waals surface area contributed by atoms with Crippen LogP contribution in [-0.4, -0.2) is 23.6 Å². The summed E-state index contributed by atoms with van der Waals surface area (Å²) < 4.78 is 0. The maximum atomic E-state index is 5.43. The van der Waals surface area contributed by atoms with E-state index in [9.17, 15) is 0 Å². The Kier molecular flexibility index (Phi) is 4.30. The first-order valence-electron chi connectivity index (χ1n) is 5.26. The number of hydrogen-bond donors (Lipinski definition) is 2. The Morgan fingerprint density at radius 1 is 1.40 bits per heavy atom. The van der Waals surface area contributed by atoms with Crippen LogP contribution in [0.2, 0.25) is 0 Å². The molecule has 5 nitrogen and oxygen atoms in total. The molecule has 84 valence electrons. The zero-order valence-electron chi connectivity index (χ0n) is 9.62. The number of anilines is 2. The second kappa shape index (κ2) is 5.50. The molecule has 1 heterocycles. The van der Waals surface area contributed by atoms with Crippen molar-refractivity contribution >= 4 is 11.6 Å². The monoisotopic (exact) mass is 209 g/mol. The molecule has 0 unspecified atom stereocenters. The molecule has 0 radical (unpaired) electrons. The molecule has 3 N–H and O–H groups in total. The number of rotatable bonds is 5. The third-order valence-corrected chi connectivity index (χ3v) is 2.40. The molecule has 0 spiro atoms. The van der Waals surface area contributed by atoms with Crippen LogP contribution in [0.15, 0.2) is 6.33 Å². The van der Waals surface area contributed by atoms with E-state index in [0.29, 0.717) is 0 Å². The average molecular weight is 209 g/mol. The summed E-state index contributed by atoms with van der Waals surface area (Å²) in [6, 6.07) is 0. The van der Waals surface area contributed by atoms with Gasteiger partial charge in [0.25, 0.3) is 0 Å². The average Bonchev–Trinajstić information content (AvgIpc) is 2.28. The van der Waals surface area contributed by atoms with Gasteiger partial charge in [-0.25, -0.2) is 15.8 Å². The predicted molar refractivity (Wildman–Crippen MR) is 62.8 cm³/mol. The first kappa shape index (κ1) is 11.7. The van der Waals surface area contributed by atoms with E-state index in [1.807, 2.05) is 7.05 Å². The molecule has 0 fully saturated rings. The molecule has 5 heteroatoms. The maximum absolute atomic E-state index is 5.43. The van der Waals surface area contributed by atoms with Crippen LogP contribution in [0.3, 0.4) is 0 Å². The molecule has 1 aromatic rings. The Morgan fingerprint density at radius 3 is 2.67 bits per heavy atom. The van der Waals surface area contributed by atoms with E-state index in [2.05, 4.69) is 34.1 Å². The molecule has 0 atom stereocenters. The molecular formula is C10H19N5. The van der Waals surface area contributed by atoms with Gasteiger partial charge in [-0.15, -0.1) is 0 Å². The Balaban J connectivity index is 3.12. The fraction of sp³-hybridized carbons (Fsp3) is 0.600. The summed E-state index contributed by atoms with van der Waals surface area (Å²) >= 11 is 0. The van der Waals surface area contributed by atoms with Gasteiger partial charge in [0.15, 0.2) is 0 Å². The fourth-order valence-electron chi connectivity index (χ4n) is 1.49. The first-order valence-corrected chi connectivity index (χ1v) is 5.26. The number of nitrogens with one attached hydrogen (secondary N) is 1. The van der Waals surface area contributed by atoms with Gasteiger partial charge in [-0.3, -0.25) is 0 Å². The standard InChI is InChI=1S/C10H19N5/c1-4-6-8-9(14-11)12-7-13-10(8)15(3)5-2/h7H,4-6,11H2,1-3H3,(H,12,13,14). The third kappa shape index (κ3) is 2.56. The van der Waals surface area contributed by atoms with Crippen molar-refractivity contribution < 1.29 is 0 Å². The summed E-state index contributed by atoms with van der Waals surface area (Å²) in [7, 11) is 2.02. The maximum Gasteiger partial charge on any atom is 0.148 e. The van der Waals surface area contributed by atoms with Gasteiger partial charge >= 0.3 is 0 Å². The smallest absolute Gasteiger partial charge is 0.148 e. The van der Waals surface area contributed by atoms with E-state index in [1.54, 1.807) is 0 Å². The van der Waals surface area contributed by atoms with Gasteiger partial charge in [-0.05, 0) is 13.3 Å². The summed E-state index contributed by atoms with van der Waals surface area (Å²) in [5, 5.41) is 0. The van der Waals surface area contributed by atoms with Crippen molar-refractivity contribution in [2.24, 2.45) is 5.84 Å². The minimum atomic E-state index is 0.724. The topological polar surface area (TPSA) is 67.1 Å². The fourth-order valence-corrected chi connectivity index (χ4v) is 1.49. The van der Waals surface area contributed by atoms with Gasteiger partial charge in [0.1, 0.15) is 18.0 Å². The van der Waals surface area contributed by atoms with Gasteiger partial charge in [0, 0.05) is 19.2 Å². The van der Waals surface area contributed by atoms with Crippen LogP contribution in [0.5, 0.6) is 0 Å². The summed E-state index contributed by atoms with van der Waals surface area (Å²) in [5.74, 6) is 7.12. The number of aromatic nitrogens is 2. The molecule has 0 aliphatic carbocycles. The van der Waals surface area contributed by atoms with Crippen molar-refractivity contribution in [2.75, 3.05) is 23.9 Å². The lowest BCUT2D eigenvalue weighted by molar-refractivity contribution is 0.860. The second-order valence-corrected chi connectivity index (χ2v) is 3.43. The van der Waals surface area contributed by atoms with Gasteiger partial charge in [-0.1, -0.05) is 13.3 Å². The van der Waals surface area contributed by atoms with Gasteiger partial charge in [0.05, 0.1) is 0 Å². The van der Waals surface area contributed by atoms with E-state index in [4.69, 9.17) is 5.84 Å². The molecule has 1 rings (SSSR count). The molecule has 0 saturated carbocycles. The van der Waals surface area contributed by atoms with Crippen LogP contribution in [0.1, 0.15) is 25.8 Å². The van der Waals surface area contributed by atoms with E-state index in [1.165, 1.54) is 6.33 Å². The largest absolute Gasteiger partial charge is 0.360 e. The Labute approximate surface area is 90.7 Å². The van der Waals surface area contributed by atoms with Crippen molar-refractivity contribution in [3.05, 3.63) is 11.9 Å². The first-order chi connectivity index (χ1) is 7.24. The number of nitrogens with zero attached hydrogens (tertiary/aromatic N) is 3. The van der Waals surface area contributed by atoms with E-state index in [0.717, 1.165) is 36.6 Å². The zero-order valence-corrected chi connectivity index (χ0v) is 9.62. The number of hydrazine groups is 1. The van der Waals surface area contributed by atoms with Crippen molar-refractivity contribution in [2.45, 2.75) is 26.7 Å². The third-order valence-electron chi connectivity index (χ3n) is 2.40. The number of hydrogen-bond acceptors (Lipinski definition) is 5. The minimum absolute atomic E-state index is 0.724. The molecule has 0 aromatic carbocycles. The summed E-state index contributed by atoms with van der Waals surface area (Å²) in [4.78, 5) is 10.5. The molecule has 1 aromatic heterocycles. The van der Waals surface area contributed by atoms with Crippen LogP contribution in [0.25, 0.3) is 0 Å². The van der Waals surface area contributed by atoms with E-state index in [-0.39, 0.29) is 0 Å². The van der Waals surface area contributed by atoms with Crippen LogP contribution >= 0.6 is 0 Å². The van der Waals surface area contributed by atoms with Crippen LogP contribution in [0.4, 0.5) is 11.6 Å². The predicted octanol–water partition coefficient (Wildman–Crippen LogP) is 1.17. The summed E-state index contributed by atoms with van der Waals surface area (Å²) in [6.45, 7) is 5.13. The second-order valence-electron chi connectivity index (χ2n) is 3.43. The molecule has 0 bridgehead atoms. The van der Waals surface area contributed by atoms with E-state index < -0.39 is 0 Å². The highest BCUT2D eigenvalue weighted by Gasteiger charge is 2.12. The molecule has 0 amide bonds. The quantitative estimate of drug-likeness (QED) is 0.563. The van der Waals surface area contributed by atoms with Crippen molar-refractivity contribution in [1.29, 1.82) is 0 Å². The SMILES string of the molecule is CCCc1c(NN)ncnc1N(C)CC. The lowest BCUT2D eigenvalue weighted by Crippen LogP contribution is -2.21. The van der Waals surface area contributed by atoms with Gasteiger partial charge < -0.3 is 10.3 Å². The lowest BCUT2D eigenvalue weighted by atomic mass is 10.1. The highest BCUT2D eigenvalue weighted by molar-refractivity contribution is 5.57. The van der Waals surface area contributed by atoms with Gasteiger partial charge in [0.2, 0.25) is 0 Å². The normalized spacial score (nSPS) is 10.1. The minimum Gasteiger partial charge on any atom is -0.360 e. The summed E-state index contributed by atoms with van der Waals surface area (Å²) in [6.07, 6.45) is 3.52. The van der Waals surface area contributed by atoms with Gasteiger partial charge in [-0.2, -0.15) is 0 Å². The van der Waals surface area contributed by atoms with Crippen LogP contribution in [0, 0.1) is 0 Å². The van der Waals surface area contributed by atoms with Crippen LogP contribution in [-0.2, 0) is 6.42 Å².